The van der Waals surface area contributed by atoms with Gasteiger partial charge in [-0.15, -0.1) is 0 Å². The van der Waals surface area contributed by atoms with Crippen LogP contribution in [0.4, 0.5) is 5.69 Å². The molecule has 3 aliphatic rings. The number of rotatable bonds is 5. The number of cyclic esters (lactones) is 1. The summed E-state index contributed by atoms with van der Waals surface area (Å²) in [5.41, 5.74) is 4.50. The van der Waals surface area contributed by atoms with E-state index in [1.165, 1.54) is 37.7 Å². The number of carbonyl (C=O) groups excluding carboxylic acids is 2. The van der Waals surface area contributed by atoms with Gasteiger partial charge in [0.25, 0.3) is 0 Å². The van der Waals surface area contributed by atoms with Crippen LogP contribution in [0, 0.1) is 5.92 Å². The molecule has 2 saturated carbocycles. The van der Waals surface area contributed by atoms with E-state index in [0.29, 0.717) is 18.0 Å². The maximum absolute atomic E-state index is 13.2. The second-order valence-electron chi connectivity index (χ2n) is 8.89. The normalized spacial score (nSPS) is 19.1. The lowest BCUT2D eigenvalue weighted by Gasteiger charge is -2.32. The molecule has 5 nitrogen and oxygen atoms in total. The average molecular weight is 405 g/mol. The Kier molecular flexibility index (Phi) is 5.28. The van der Waals surface area contributed by atoms with Gasteiger partial charge in [-0.2, -0.15) is 0 Å². The van der Waals surface area contributed by atoms with Crippen LogP contribution < -0.4 is 4.90 Å². The van der Waals surface area contributed by atoms with Crippen molar-refractivity contribution in [1.29, 1.82) is 0 Å². The van der Waals surface area contributed by atoms with Crippen molar-refractivity contribution in [1.82, 2.24) is 4.98 Å². The van der Waals surface area contributed by atoms with Crippen LogP contribution in [0.2, 0.25) is 0 Å². The van der Waals surface area contributed by atoms with Gasteiger partial charge in [-0.25, -0.2) is 4.79 Å². The number of anilines is 1. The fourth-order valence-electron chi connectivity index (χ4n) is 4.83. The highest BCUT2D eigenvalue weighted by molar-refractivity contribution is 5.98. The molecule has 0 radical (unpaired) electrons. The third-order valence-corrected chi connectivity index (χ3v) is 6.94. The van der Waals surface area contributed by atoms with Crippen molar-refractivity contribution in [2.24, 2.45) is 5.92 Å². The molecule has 2 aliphatic carbocycles. The zero-order valence-electron chi connectivity index (χ0n) is 17.3. The van der Waals surface area contributed by atoms with Gasteiger partial charge in [0, 0.05) is 23.4 Å². The van der Waals surface area contributed by atoms with Gasteiger partial charge in [0.1, 0.15) is 6.61 Å². The minimum atomic E-state index is -0.284. The highest BCUT2D eigenvalue weighted by atomic mass is 16.5. The lowest BCUT2D eigenvalue weighted by Crippen LogP contribution is -2.38. The van der Waals surface area contributed by atoms with Crippen molar-refractivity contribution >= 4 is 17.6 Å². The summed E-state index contributed by atoms with van der Waals surface area (Å²) in [7, 11) is 0. The van der Waals surface area contributed by atoms with E-state index in [9.17, 15) is 9.59 Å². The molecular weight excluding hydrogens is 376 g/mol. The fourth-order valence-corrected chi connectivity index (χ4v) is 4.83. The number of aromatic nitrogens is 1. The quantitative estimate of drug-likeness (QED) is 0.648. The van der Waals surface area contributed by atoms with Gasteiger partial charge in [0.2, 0.25) is 5.91 Å². The molecule has 2 heterocycles. The molecular formula is C25H28N2O3. The van der Waals surface area contributed by atoms with Crippen molar-refractivity contribution in [3.05, 3.63) is 58.9 Å². The number of benzene rings is 1. The summed E-state index contributed by atoms with van der Waals surface area (Å²) in [4.78, 5) is 31.6. The number of carbonyl (C=O) groups is 2. The first-order valence-electron chi connectivity index (χ1n) is 11.3. The number of nitrogens with zero attached hydrogens (tertiary/aromatic N) is 2. The molecule has 2 aromatic rings. The molecule has 1 amide bonds. The molecule has 5 rings (SSSR count). The van der Waals surface area contributed by atoms with E-state index < -0.39 is 0 Å². The number of pyridine rings is 1. The standard InChI is InChI=1S/C25H28N2O3/c28-24(18-7-4-8-18)27(22-11-12-23-20(13-22)16-30-25(23)29)15-21-10-9-19(14-26-21)17-5-2-1-3-6-17/h9-14,17-18H,1-8,15-16H2. The molecule has 0 bridgehead atoms. The van der Waals surface area contributed by atoms with Crippen LogP contribution in [-0.2, 0) is 22.7 Å². The molecule has 2 fully saturated rings. The highest BCUT2D eigenvalue weighted by Crippen LogP contribution is 2.34. The Bertz CT molecular complexity index is 943. The summed E-state index contributed by atoms with van der Waals surface area (Å²) in [6.07, 6.45) is 11.5. The summed E-state index contributed by atoms with van der Waals surface area (Å²) >= 11 is 0. The predicted octanol–water partition coefficient (Wildman–Crippen LogP) is 5.13. The monoisotopic (exact) mass is 404 g/mol. The van der Waals surface area contributed by atoms with E-state index in [2.05, 4.69) is 12.1 Å². The number of esters is 1. The van der Waals surface area contributed by atoms with E-state index in [-0.39, 0.29) is 24.4 Å². The number of hydrogen-bond acceptors (Lipinski definition) is 4. The highest BCUT2D eigenvalue weighted by Gasteiger charge is 2.31. The largest absolute Gasteiger partial charge is 0.457 e. The summed E-state index contributed by atoms with van der Waals surface area (Å²) in [5, 5.41) is 0. The third kappa shape index (κ3) is 3.73. The lowest BCUT2D eigenvalue weighted by atomic mass is 9.84. The van der Waals surface area contributed by atoms with Crippen LogP contribution in [0.5, 0.6) is 0 Å². The van der Waals surface area contributed by atoms with E-state index in [4.69, 9.17) is 9.72 Å². The van der Waals surface area contributed by atoms with Crippen molar-refractivity contribution in [2.45, 2.75) is 70.4 Å². The minimum absolute atomic E-state index is 0.0950. The van der Waals surface area contributed by atoms with Crippen molar-refractivity contribution in [2.75, 3.05) is 4.90 Å². The Balaban J connectivity index is 1.38. The summed E-state index contributed by atoms with van der Waals surface area (Å²) in [6, 6.07) is 9.83. The van der Waals surface area contributed by atoms with Gasteiger partial charge in [0.05, 0.1) is 17.8 Å². The first kappa shape index (κ1) is 19.3. The molecule has 30 heavy (non-hydrogen) atoms. The van der Waals surface area contributed by atoms with Crippen LogP contribution in [-0.4, -0.2) is 16.9 Å². The summed E-state index contributed by atoms with van der Waals surface area (Å²) in [6.45, 7) is 0.732. The third-order valence-electron chi connectivity index (χ3n) is 6.94. The molecule has 0 N–H and O–H groups in total. The Morgan fingerprint density at radius 2 is 1.87 bits per heavy atom. The molecule has 1 aromatic carbocycles. The van der Waals surface area contributed by atoms with E-state index in [1.54, 1.807) is 6.07 Å². The molecule has 1 aromatic heterocycles. The summed E-state index contributed by atoms with van der Waals surface area (Å²) < 4.78 is 5.13. The van der Waals surface area contributed by atoms with Gasteiger partial charge >= 0.3 is 5.97 Å². The Hall–Kier alpha value is -2.69. The maximum Gasteiger partial charge on any atom is 0.338 e. The minimum Gasteiger partial charge on any atom is -0.457 e. The van der Waals surface area contributed by atoms with Crippen LogP contribution in [0.3, 0.4) is 0 Å². The molecule has 0 spiro atoms. The van der Waals surface area contributed by atoms with E-state index >= 15 is 0 Å². The molecule has 1 aliphatic heterocycles. The molecule has 0 saturated heterocycles. The fraction of sp³-hybridized carbons (Fsp3) is 0.480. The van der Waals surface area contributed by atoms with Crippen LogP contribution in [0.15, 0.2) is 36.5 Å². The summed E-state index contributed by atoms with van der Waals surface area (Å²) in [5.74, 6) is 0.595. The Morgan fingerprint density at radius 3 is 2.57 bits per heavy atom. The second-order valence-corrected chi connectivity index (χ2v) is 8.89. The van der Waals surface area contributed by atoms with Gasteiger partial charge in [0.15, 0.2) is 0 Å². The average Bonchev–Trinajstić information content (AvgIpc) is 3.12. The van der Waals surface area contributed by atoms with Gasteiger partial charge < -0.3 is 9.64 Å². The van der Waals surface area contributed by atoms with E-state index in [1.807, 2.05) is 23.2 Å². The Morgan fingerprint density at radius 1 is 1.03 bits per heavy atom. The first-order valence-corrected chi connectivity index (χ1v) is 11.3. The van der Waals surface area contributed by atoms with Crippen LogP contribution in [0.25, 0.3) is 0 Å². The van der Waals surface area contributed by atoms with Gasteiger partial charge in [-0.3, -0.25) is 9.78 Å². The zero-order chi connectivity index (χ0) is 20.5. The maximum atomic E-state index is 13.2. The molecule has 156 valence electrons. The van der Waals surface area contributed by atoms with Gasteiger partial charge in [-0.05, 0) is 61.4 Å². The smallest absolute Gasteiger partial charge is 0.338 e. The van der Waals surface area contributed by atoms with Crippen LogP contribution in [0.1, 0.15) is 84.5 Å². The van der Waals surface area contributed by atoms with Gasteiger partial charge in [-0.1, -0.05) is 31.7 Å². The van der Waals surface area contributed by atoms with E-state index in [0.717, 1.165) is 36.2 Å². The number of ether oxygens (including phenoxy) is 1. The first-order chi connectivity index (χ1) is 14.7. The molecule has 0 atom stereocenters. The molecule has 5 heteroatoms. The lowest BCUT2D eigenvalue weighted by molar-refractivity contribution is -0.124. The van der Waals surface area contributed by atoms with Crippen molar-refractivity contribution in [3.8, 4) is 0 Å². The van der Waals surface area contributed by atoms with Crippen molar-refractivity contribution in [3.63, 3.8) is 0 Å². The number of hydrogen-bond donors (Lipinski definition) is 0. The molecule has 0 unspecified atom stereocenters. The zero-order valence-corrected chi connectivity index (χ0v) is 17.3. The number of amides is 1. The predicted molar refractivity (Wildman–Crippen MR) is 114 cm³/mol. The topological polar surface area (TPSA) is 59.5 Å². The Labute approximate surface area is 177 Å². The second kappa shape index (κ2) is 8.21. The van der Waals surface area contributed by atoms with Crippen molar-refractivity contribution < 1.29 is 14.3 Å². The van der Waals surface area contributed by atoms with Crippen LogP contribution >= 0.6 is 0 Å². The number of fused-ring (bicyclic) bond motifs is 1. The SMILES string of the molecule is O=C1OCc2cc(N(Cc3ccc(C4CCCCC4)cn3)C(=O)C3CCC3)ccc21.